The standard InChI is InChI=1S/C15H17N3O4/c1-18-6-5-16-13(18)3-4-17-14(20)10-7-11(15(21)22-2)9-12(19)8-10/h5-9,19H,3-4H2,1-2H3,(H,17,20). The van der Waals surface area contributed by atoms with E-state index in [1.807, 2.05) is 17.8 Å². The topological polar surface area (TPSA) is 93.4 Å². The van der Waals surface area contributed by atoms with E-state index in [9.17, 15) is 14.7 Å². The molecule has 0 saturated carbocycles. The molecule has 22 heavy (non-hydrogen) atoms. The number of rotatable bonds is 5. The number of ether oxygens (including phenoxy) is 1. The molecular formula is C15H17N3O4. The summed E-state index contributed by atoms with van der Waals surface area (Å²) in [5.74, 6) is -0.308. The zero-order valence-corrected chi connectivity index (χ0v) is 12.4. The third-order valence-corrected chi connectivity index (χ3v) is 3.16. The molecule has 0 spiro atoms. The Bertz CT molecular complexity index is 694. The van der Waals surface area contributed by atoms with Crippen LogP contribution in [0, 0.1) is 0 Å². The summed E-state index contributed by atoms with van der Waals surface area (Å²) in [4.78, 5) is 27.7. The van der Waals surface area contributed by atoms with Gasteiger partial charge >= 0.3 is 5.97 Å². The average molecular weight is 303 g/mol. The number of aromatic nitrogens is 2. The van der Waals surface area contributed by atoms with E-state index in [-0.39, 0.29) is 22.8 Å². The van der Waals surface area contributed by atoms with Crippen molar-refractivity contribution in [2.24, 2.45) is 7.05 Å². The Morgan fingerprint density at radius 2 is 2.05 bits per heavy atom. The van der Waals surface area contributed by atoms with E-state index in [0.717, 1.165) is 5.82 Å². The van der Waals surface area contributed by atoms with E-state index < -0.39 is 5.97 Å². The molecule has 1 heterocycles. The van der Waals surface area contributed by atoms with Crippen molar-refractivity contribution in [3.05, 3.63) is 47.5 Å². The zero-order chi connectivity index (χ0) is 16.1. The second-order valence-corrected chi connectivity index (χ2v) is 4.72. The number of nitrogens with zero attached hydrogens (tertiary/aromatic N) is 2. The normalized spacial score (nSPS) is 10.3. The molecule has 2 N–H and O–H groups in total. The summed E-state index contributed by atoms with van der Waals surface area (Å²) in [7, 11) is 3.11. The number of methoxy groups -OCH3 is 1. The van der Waals surface area contributed by atoms with Crippen LogP contribution in [0.2, 0.25) is 0 Å². The van der Waals surface area contributed by atoms with Crippen molar-refractivity contribution >= 4 is 11.9 Å². The number of hydrogen-bond donors (Lipinski definition) is 2. The number of amides is 1. The van der Waals surface area contributed by atoms with Crippen LogP contribution in [-0.4, -0.2) is 40.2 Å². The average Bonchev–Trinajstić information content (AvgIpc) is 2.91. The Hall–Kier alpha value is -2.83. The SMILES string of the molecule is COC(=O)c1cc(O)cc(C(=O)NCCc2nccn2C)c1. The van der Waals surface area contributed by atoms with Crippen LogP contribution in [0.5, 0.6) is 5.75 Å². The molecule has 0 fully saturated rings. The summed E-state index contributed by atoms with van der Waals surface area (Å²) < 4.78 is 6.45. The van der Waals surface area contributed by atoms with E-state index in [0.29, 0.717) is 13.0 Å². The maximum absolute atomic E-state index is 12.1. The number of esters is 1. The van der Waals surface area contributed by atoms with Crippen molar-refractivity contribution in [1.29, 1.82) is 0 Å². The molecule has 1 amide bonds. The monoisotopic (exact) mass is 303 g/mol. The summed E-state index contributed by atoms with van der Waals surface area (Å²) in [6.07, 6.45) is 4.10. The second kappa shape index (κ2) is 6.75. The Morgan fingerprint density at radius 3 is 2.68 bits per heavy atom. The predicted molar refractivity (Wildman–Crippen MR) is 78.7 cm³/mol. The molecular weight excluding hydrogens is 286 g/mol. The first-order valence-corrected chi connectivity index (χ1v) is 6.68. The van der Waals surface area contributed by atoms with Gasteiger partial charge in [-0.2, -0.15) is 0 Å². The lowest BCUT2D eigenvalue weighted by atomic mass is 10.1. The maximum Gasteiger partial charge on any atom is 0.338 e. The number of hydrogen-bond acceptors (Lipinski definition) is 5. The first kappa shape index (κ1) is 15.6. The van der Waals surface area contributed by atoms with Crippen molar-refractivity contribution in [1.82, 2.24) is 14.9 Å². The van der Waals surface area contributed by atoms with Gasteiger partial charge in [-0.05, 0) is 18.2 Å². The van der Waals surface area contributed by atoms with Crippen LogP contribution >= 0.6 is 0 Å². The van der Waals surface area contributed by atoms with Crippen LogP contribution in [0.1, 0.15) is 26.5 Å². The first-order chi connectivity index (χ1) is 10.5. The van der Waals surface area contributed by atoms with Gasteiger partial charge in [-0.25, -0.2) is 9.78 Å². The number of carbonyl (C=O) groups excluding carboxylic acids is 2. The number of phenols is 1. The number of carbonyl (C=O) groups is 2. The summed E-state index contributed by atoms with van der Waals surface area (Å²) >= 11 is 0. The van der Waals surface area contributed by atoms with Crippen LogP contribution in [0.3, 0.4) is 0 Å². The molecule has 7 heteroatoms. The minimum absolute atomic E-state index is 0.122. The number of phenolic OH excluding ortho intramolecular Hbond substituents is 1. The van der Waals surface area contributed by atoms with Gasteiger partial charge in [0.15, 0.2) is 0 Å². The van der Waals surface area contributed by atoms with Crippen molar-refractivity contribution in [3.8, 4) is 5.75 Å². The number of benzene rings is 1. The fourth-order valence-electron chi connectivity index (χ4n) is 2.01. The third-order valence-electron chi connectivity index (χ3n) is 3.16. The maximum atomic E-state index is 12.1. The molecule has 7 nitrogen and oxygen atoms in total. The number of aromatic hydroxyl groups is 1. The lowest BCUT2D eigenvalue weighted by molar-refractivity contribution is 0.0600. The van der Waals surface area contributed by atoms with E-state index >= 15 is 0 Å². The van der Waals surface area contributed by atoms with E-state index in [4.69, 9.17) is 0 Å². The molecule has 1 aromatic carbocycles. The van der Waals surface area contributed by atoms with Gasteiger partial charge in [0.1, 0.15) is 11.6 Å². The van der Waals surface area contributed by atoms with Gasteiger partial charge in [0.05, 0.1) is 12.7 Å². The molecule has 0 aliphatic carbocycles. The second-order valence-electron chi connectivity index (χ2n) is 4.72. The lowest BCUT2D eigenvalue weighted by Crippen LogP contribution is -2.26. The highest BCUT2D eigenvalue weighted by Gasteiger charge is 2.13. The highest BCUT2D eigenvalue weighted by Crippen LogP contribution is 2.16. The molecule has 0 saturated heterocycles. The minimum Gasteiger partial charge on any atom is -0.508 e. The summed E-state index contributed by atoms with van der Waals surface area (Å²) in [6.45, 7) is 0.396. The molecule has 2 rings (SSSR count). The van der Waals surface area contributed by atoms with E-state index in [1.54, 1.807) is 6.20 Å². The summed E-state index contributed by atoms with van der Waals surface area (Å²) in [5.41, 5.74) is 0.317. The largest absolute Gasteiger partial charge is 0.508 e. The Morgan fingerprint density at radius 1 is 1.32 bits per heavy atom. The van der Waals surface area contributed by atoms with Crippen LogP contribution < -0.4 is 5.32 Å². The van der Waals surface area contributed by atoms with Gasteiger partial charge in [-0.15, -0.1) is 0 Å². The van der Waals surface area contributed by atoms with Gasteiger partial charge in [0, 0.05) is 38.0 Å². The molecule has 0 aliphatic rings. The molecule has 2 aromatic rings. The van der Waals surface area contributed by atoms with Crippen molar-refractivity contribution < 1.29 is 19.4 Å². The molecule has 116 valence electrons. The lowest BCUT2D eigenvalue weighted by Gasteiger charge is -2.07. The molecule has 0 unspecified atom stereocenters. The van der Waals surface area contributed by atoms with E-state index in [2.05, 4.69) is 15.0 Å². The molecule has 0 radical (unpaired) electrons. The number of imidazole rings is 1. The Kier molecular flexibility index (Phi) is 4.77. The van der Waals surface area contributed by atoms with Gasteiger partial charge in [-0.1, -0.05) is 0 Å². The summed E-state index contributed by atoms with van der Waals surface area (Å²) in [5, 5.41) is 12.3. The Labute approximate surface area is 127 Å². The quantitative estimate of drug-likeness (QED) is 0.800. The first-order valence-electron chi connectivity index (χ1n) is 6.68. The van der Waals surface area contributed by atoms with Gasteiger partial charge in [0.25, 0.3) is 5.91 Å². The Balaban J connectivity index is 2.01. The zero-order valence-electron chi connectivity index (χ0n) is 12.4. The highest BCUT2D eigenvalue weighted by molar-refractivity contribution is 5.98. The number of nitrogens with one attached hydrogen (secondary N) is 1. The highest BCUT2D eigenvalue weighted by atomic mass is 16.5. The molecule has 1 aromatic heterocycles. The van der Waals surface area contributed by atoms with Gasteiger partial charge < -0.3 is 19.7 Å². The van der Waals surface area contributed by atoms with Crippen LogP contribution in [0.15, 0.2) is 30.6 Å². The van der Waals surface area contributed by atoms with Crippen LogP contribution in [0.25, 0.3) is 0 Å². The third kappa shape index (κ3) is 3.63. The van der Waals surface area contributed by atoms with Gasteiger partial charge in [0.2, 0.25) is 0 Å². The smallest absolute Gasteiger partial charge is 0.338 e. The predicted octanol–water partition coefficient (Wildman–Crippen LogP) is 0.885. The molecule has 0 atom stereocenters. The molecule has 0 bridgehead atoms. The number of aryl methyl sites for hydroxylation is 1. The fraction of sp³-hybridized carbons (Fsp3) is 0.267. The minimum atomic E-state index is -0.613. The van der Waals surface area contributed by atoms with E-state index in [1.165, 1.54) is 25.3 Å². The van der Waals surface area contributed by atoms with Crippen LogP contribution in [-0.2, 0) is 18.2 Å². The van der Waals surface area contributed by atoms with Crippen molar-refractivity contribution in [2.75, 3.05) is 13.7 Å². The molecule has 0 aliphatic heterocycles. The fourth-order valence-corrected chi connectivity index (χ4v) is 2.01. The summed E-state index contributed by atoms with van der Waals surface area (Å²) in [6, 6.07) is 3.92. The van der Waals surface area contributed by atoms with Crippen molar-refractivity contribution in [2.45, 2.75) is 6.42 Å². The van der Waals surface area contributed by atoms with Crippen LogP contribution in [0.4, 0.5) is 0 Å². The van der Waals surface area contributed by atoms with Gasteiger partial charge in [-0.3, -0.25) is 4.79 Å². The van der Waals surface area contributed by atoms with Crippen molar-refractivity contribution in [3.63, 3.8) is 0 Å².